The fourth-order valence-corrected chi connectivity index (χ4v) is 2.13. The fraction of sp³-hybridized carbons (Fsp3) is 0.167. The van der Waals surface area contributed by atoms with Crippen LogP contribution in [0.4, 0.5) is 5.82 Å². The molecule has 18 heavy (non-hydrogen) atoms. The standard InChI is InChI=1S/C12H12ClN5/c1-2-17-7-8(6-15-17)10-11(14)18-5-3-4-9(13)12(18)16-10/h3-7H,2,14H2,1H3. The van der Waals surface area contributed by atoms with E-state index < -0.39 is 0 Å². The molecule has 3 heterocycles. The molecule has 0 atom stereocenters. The first-order valence-corrected chi connectivity index (χ1v) is 6.03. The maximum atomic E-state index is 6.10. The highest BCUT2D eigenvalue weighted by Gasteiger charge is 2.14. The molecule has 0 saturated heterocycles. The van der Waals surface area contributed by atoms with Gasteiger partial charge in [-0.15, -0.1) is 0 Å². The zero-order chi connectivity index (χ0) is 12.7. The van der Waals surface area contributed by atoms with E-state index in [1.165, 1.54) is 0 Å². The Kier molecular flexibility index (Phi) is 2.48. The number of aromatic nitrogens is 4. The number of rotatable bonds is 2. The molecule has 0 unspecified atom stereocenters. The third kappa shape index (κ3) is 1.55. The molecule has 0 fully saturated rings. The van der Waals surface area contributed by atoms with Crippen LogP contribution in [-0.4, -0.2) is 19.2 Å². The van der Waals surface area contributed by atoms with E-state index in [-0.39, 0.29) is 0 Å². The predicted octanol–water partition coefficient (Wildman–Crippen LogP) is 2.45. The van der Waals surface area contributed by atoms with Crippen molar-refractivity contribution < 1.29 is 0 Å². The van der Waals surface area contributed by atoms with Crippen molar-refractivity contribution in [3.63, 3.8) is 0 Å². The Hall–Kier alpha value is -2.01. The van der Waals surface area contributed by atoms with Gasteiger partial charge in [0.25, 0.3) is 0 Å². The molecular formula is C12H12ClN5. The Labute approximate surface area is 109 Å². The molecule has 0 amide bonds. The molecule has 0 bridgehead atoms. The molecule has 0 aliphatic heterocycles. The van der Waals surface area contributed by atoms with Gasteiger partial charge in [-0.2, -0.15) is 5.10 Å². The number of imidazole rings is 1. The smallest absolute Gasteiger partial charge is 0.157 e. The zero-order valence-corrected chi connectivity index (χ0v) is 10.6. The van der Waals surface area contributed by atoms with Gasteiger partial charge in [0.2, 0.25) is 0 Å². The van der Waals surface area contributed by atoms with Crippen LogP contribution in [0.5, 0.6) is 0 Å². The SMILES string of the molecule is CCn1cc(-c2nc3c(Cl)cccn3c2N)cn1. The zero-order valence-electron chi connectivity index (χ0n) is 9.84. The summed E-state index contributed by atoms with van der Waals surface area (Å²) in [7, 11) is 0. The predicted molar refractivity (Wildman–Crippen MR) is 71.5 cm³/mol. The summed E-state index contributed by atoms with van der Waals surface area (Å²) in [4.78, 5) is 4.48. The second-order valence-corrected chi connectivity index (χ2v) is 4.39. The first kappa shape index (κ1) is 11.1. The van der Waals surface area contributed by atoms with E-state index in [1.54, 1.807) is 16.7 Å². The van der Waals surface area contributed by atoms with E-state index in [0.29, 0.717) is 22.2 Å². The number of halogens is 1. The van der Waals surface area contributed by atoms with Gasteiger partial charge in [-0.25, -0.2) is 4.98 Å². The van der Waals surface area contributed by atoms with Crippen LogP contribution in [0.3, 0.4) is 0 Å². The largest absolute Gasteiger partial charge is 0.383 e. The number of anilines is 1. The first-order chi connectivity index (χ1) is 8.70. The molecule has 5 nitrogen and oxygen atoms in total. The number of pyridine rings is 1. The molecule has 0 aliphatic carbocycles. The molecule has 0 radical (unpaired) electrons. The van der Waals surface area contributed by atoms with E-state index in [4.69, 9.17) is 17.3 Å². The minimum Gasteiger partial charge on any atom is -0.383 e. The number of nitrogen functional groups attached to an aromatic ring is 1. The van der Waals surface area contributed by atoms with Crippen molar-refractivity contribution in [2.24, 2.45) is 0 Å². The Balaban J connectivity index is 2.23. The molecule has 2 N–H and O–H groups in total. The summed E-state index contributed by atoms with van der Waals surface area (Å²) in [6, 6.07) is 3.63. The van der Waals surface area contributed by atoms with Crippen LogP contribution in [0.1, 0.15) is 6.92 Å². The van der Waals surface area contributed by atoms with Crippen molar-refractivity contribution in [2.45, 2.75) is 13.5 Å². The van der Waals surface area contributed by atoms with Crippen LogP contribution in [0.15, 0.2) is 30.7 Å². The second-order valence-electron chi connectivity index (χ2n) is 3.98. The minimum atomic E-state index is 0.572. The van der Waals surface area contributed by atoms with Gasteiger partial charge in [0.15, 0.2) is 5.65 Å². The lowest BCUT2D eigenvalue weighted by Crippen LogP contribution is -1.94. The number of hydrogen-bond donors (Lipinski definition) is 1. The lowest BCUT2D eigenvalue weighted by atomic mass is 10.2. The van der Waals surface area contributed by atoms with Crippen molar-refractivity contribution in [1.29, 1.82) is 0 Å². The lowest BCUT2D eigenvalue weighted by Gasteiger charge is -1.96. The van der Waals surface area contributed by atoms with Crippen LogP contribution in [0.25, 0.3) is 16.9 Å². The average Bonchev–Trinajstić information content (AvgIpc) is 2.96. The summed E-state index contributed by atoms with van der Waals surface area (Å²) in [6.07, 6.45) is 5.53. The summed E-state index contributed by atoms with van der Waals surface area (Å²) in [5.41, 5.74) is 8.37. The summed E-state index contributed by atoms with van der Waals surface area (Å²) in [6.45, 7) is 2.84. The molecule has 3 rings (SSSR count). The van der Waals surface area contributed by atoms with Gasteiger partial charge < -0.3 is 5.73 Å². The Morgan fingerprint density at radius 3 is 2.94 bits per heavy atom. The Bertz CT molecular complexity index is 712. The van der Waals surface area contributed by atoms with Crippen molar-refractivity contribution in [1.82, 2.24) is 19.2 Å². The van der Waals surface area contributed by atoms with E-state index >= 15 is 0 Å². The molecule has 0 saturated carbocycles. The van der Waals surface area contributed by atoms with Crippen LogP contribution in [0, 0.1) is 0 Å². The van der Waals surface area contributed by atoms with Gasteiger partial charge in [-0.3, -0.25) is 9.08 Å². The van der Waals surface area contributed by atoms with Gasteiger partial charge in [-0.05, 0) is 19.1 Å². The topological polar surface area (TPSA) is 61.1 Å². The average molecular weight is 262 g/mol. The van der Waals surface area contributed by atoms with Crippen molar-refractivity contribution in [2.75, 3.05) is 5.73 Å². The van der Waals surface area contributed by atoms with E-state index in [9.17, 15) is 0 Å². The normalized spacial score (nSPS) is 11.2. The van der Waals surface area contributed by atoms with E-state index in [2.05, 4.69) is 10.1 Å². The van der Waals surface area contributed by atoms with Crippen LogP contribution < -0.4 is 5.73 Å². The molecular weight excluding hydrogens is 250 g/mol. The quantitative estimate of drug-likeness (QED) is 0.771. The highest BCUT2D eigenvalue weighted by molar-refractivity contribution is 6.33. The van der Waals surface area contributed by atoms with E-state index in [1.807, 2.05) is 30.1 Å². The molecule has 0 aliphatic rings. The van der Waals surface area contributed by atoms with Crippen molar-refractivity contribution in [3.05, 3.63) is 35.7 Å². The molecule has 3 aromatic heterocycles. The molecule has 0 spiro atoms. The number of nitrogens with zero attached hydrogens (tertiary/aromatic N) is 4. The molecule has 92 valence electrons. The van der Waals surface area contributed by atoms with Gasteiger partial charge >= 0.3 is 0 Å². The molecule has 0 aromatic carbocycles. The first-order valence-electron chi connectivity index (χ1n) is 5.65. The van der Waals surface area contributed by atoms with Crippen LogP contribution >= 0.6 is 11.6 Å². The van der Waals surface area contributed by atoms with Crippen molar-refractivity contribution in [3.8, 4) is 11.3 Å². The number of hydrogen-bond acceptors (Lipinski definition) is 3. The summed E-state index contributed by atoms with van der Waals surface area (Å²) < 4.78 is 3.61. The highest BCUT2D eigenvalue weighted by atomic mass is 35.5. The third-order valence-electron chi connectivity index (χ3n) is 2.87. The van der Waals surface area contributed by atoms with E-state index in [0.717, 1.165) is 12.1 Å². The fourth-order valence-electron chi connectivity index (χ4n) is 1.92. The highest BCUT2D eigenvalue weighted by Crippen LogP contribution is 2.28. The second kappa shape index (κ2) is 4.03. The van der Waals surface area contributed by atoms with Gasteiger partial charge in [0, 0.05) is 24.5 Å². The van der Waals surface area contributed by atoms with Crippen LogP contribution in [-0.2, 0) is 6.54 Å². The van der Waals surface area contributed by atoms with Gasteiger partial charge in [-0.1, -0.05) is 11.6 Å². The summed E-state index contributed by atoms with van der Waals surface area (Å²) >= 11 is 6.10. The number of nitrogens with two attached hydrogens (primary N) is 1. The third-order valence-corrected chi connectivity index (χ3v) is 3.17. The number of aryl methyl sites for hydroxylation is 1. The van der Waals surface area contributed by atoms with Crippen LogP contribution in [0.2, 0.25) is 5.02 Å². The monoisotopic (exact) mass is 261 g/mol. The van der Waals surface area contributed by atoms with Crippen molar-refractivity contribution >= 4 is 23.1 Å². The summed E-state index contributed by atoms with van der Waals surface area (Å²) in [5.74, 6) is 0.572. The minimum absolute atomic E-state index is 0.572. The van der Waals surface area contributed by atoms with Gasteiger partial charge in [0.05, 0.1) is 11.2 Å². The maximum absolute atomic E-state index is 6.10. The Morgan fingerprint density at radius 1 is 1.44 bits per heavy atom. The molecule has 6 heteroatoms. The number of fused-ring (bicyclic) bond motifs is 1. The Morgan fingerprint density at radius 2 is 2.28 bits per heavy atom. The lowest BCUT2D eigenvalue weighted by molar-refractivity contribution is 0.660. The molecule has 3 aromatic rings. The van der Waals surface area contributed by atoms with Gasteiger partial charge in [0.1, 0.15) is 11.5 Å². The maximum Gasteiger partial charge on any atom is 0.157 e. The summed E-state index contributed by atoms with van der Waals surface area (Å²) in [5, 5.41) is 4.81.